The molecule has 0 atom stereocenters. The first-order valence-electron chi connectivity index (χ1n) is 4.86. The van der Waals surface area contributed by atoms with E-state index in [0.29, 0.717) is 10.9 Å². The number of pyridine rings is 1. The summed E-state index contributed by atoms with van der Waals surface area (Å²) in [6, 6.07) is 2.87. The number of nitrogens with one attached hydrogen (secondary N) is 1. The molecule has 1 aliphatic heterocycles. The molecule has 90 valence electrons. The van der Waals surface area contributed by atoms with Gasteiger partial charge in [0.2, 0.25) is 5.88 Å². The number of aromatic hydroxyl groups is 1. The van der Waals surface area contributed by atoms with Crippen LogP contribution in [-0.2, 0) is 0 Å². The maximum atomic E-state index is 11.7. The fourth-order valence-corrected chi connectivity index (χ4v) is 2.25. The number of carbonyl (C=O) groups is 2. The lowest BCUT2D eigenvalue weighted by molar-refractivity contribution is 0.0879. The smallest absolute Gasteiger partial charge is 0.264 e. The Balaban J connectivity index is 2.52. The van der Waals surface area contributed by atoms with Crippen LogP contribution in [0.2, 0.25) is 10.0 Å². The van der Waals surface area contributed by atoms with Gasteiger partial charge in [0.05, 0.1) is 21.1 Å². The molecule has 2 aromatic rings. The van der Waals surface area contributed by atoms with E-state index in [-0.39, 0.29) is 21.2 Å². The number of carbonyl (C=O) groups excluding carboxylic acids is 2. The Morgan fingerprint density at radius 2 is 1.67 bits per heavy atom. The molecule has 0 saturated heterocycles. The van der Waals surface area contributed by atoms with Gasteiger partial charge in [-0.05, 0) is 12.1 Å². The Kier molecular flexibility index (Phi) is 2.23. The van der Waals surface area contributed by atoms with E-state index >= 15 is 0 Å². The average molecular weight is 283 g/mol. The summed E-state index contributed by atoms with van der Waals surface area (Å²) < 4.78 is 0. The average Bonchev–Trinajstić information content (AvgIpc) is 2.58. The Bertz CT molecular complexity index is 743. The zero-order valence-electron chi connectivity index (χ0n) is 8.62. The van der Waals surface area contributed by atoms with Gasteiger partial charge in [-0.15, -0.1) is 0 Å². The van der Waals surface area contributed by atoms with Crippen molar-refractivity contribution in [1.29, 1.82) is 0 Å². The van der Waals surface area contributed by atoms with Crippen LogP contribution < -0.4 is 5.32 Å². The maximum absolute atomic E-state index is 11.7. The van der Waals surface area contributed by atoms with Gasteiger partial charge in [0.25, 0.3) is 11.8 Å². The number of hydrogen-bond acceptors (Lipinski definition) is 4. The van der Waals surface area contributed by atoms with Crippen molar-refractivity contribution in [2.24, 2.45) is 0 Å². The van der Waals surface area contributed by atoms with Crippen molar-refractivity contribution >= 4 is 45.9 Å². The van der Waals surface area contributed by atoms with Gasteiger partial charge < -0.3 is 5.11 Å². The number of benzene rings is 1. The Morgan fingerprint density at radius 3 is 2.39 bits per heavy atom. The van der Waals surface area contributed by atoms with Crippen molar-refractivity contribution in [3.05, 3.63) is 33.3 Å². The third-order valence-corrected chi connectivity index (χ3v) is 3.41. The molecule has 0 unspecified atom stereocenters. The molecule has 2 heterocycles. The van der Waals surface area contributed by atoms with E-state index in [9.17, 15) is 14.7 Å². The molecule has 2 amide bonds. The van der Waals surface area contributed by atoms with E-state index in [0.717, 1.165) is 0 Å². The number of nitrogens with zero attached hydrogens (tertiary/aromatic N) is 1. The molecule has 0 aliphatic carbocycles. The molecule has 7 heteroatoms. The van der Waals surface area contributed by atoms with Gasteiger partial charge in [-0.2, -0.15) is 0 Å². The molecule has 1 aromatic heterocycles. The minimum atomic E-state index is -0.673. The van der Waals surface area contributed by atoms with Gasteiger partial charge in [-0.3, -0.25) is 14.9 Å². The number of amides is 2. The molecule has 0 radical (unpaired) electrons. The summed E-state index contributed by atoms with van der Waals surface area (Å²) in [4.78, 5) is 27.0. The molecule has 1 aromatic carbocycles. The molecule has 0 spiro atoms. The second kappa shape index (κ2) is 3.57. The Morgan fingerprint density at radius 1 is 1.06 bits per heavy atom. The summed E-state index contributed by atoms with van der Waals surface area (Å²) in [5.74, 6) is -1.76. The van der Waals surface area contributed by atoms with Crippen LogP contribution >= 0.6 is 23.2 Å². The van der Waals surface area contributed by atoms with Crippen LogP contribution in [0.4, 0.5) is 0 Å². The lowest BCUT2D eigenvalue weighted by Crippen LogP contribution is -2.20. The lowest BCUT2D eigenvalue weighted by atomic mass is 10.0. The predicted molar refractivity (Wildman–Crippen MR) is 65.2 cm³/mol. The second-order valence-corrected chi connectivity index (χ2v) is 4.57. The lowest BCUT2D eigenvalue weighted by Gasteiger charge is -2.05. The van der Waals surface area contributed by atoms with Crippen LogP contribution in [0.25, 0.3) is 10.9 Å². The zero-order chi connectivity index (χ0) is 13.0. The molecule has 0 bridgehead atoms. The molecule has 2 N–H and O–H groups in total. The van der Waals surface area contributed by atoms with Crippen molar-refractivity contribution in [3.8, 4) is 5.88 Å². The summed E-state index contributed by atoms with van der Waals surface area (Å²) in [5.41, 5.74) is 0.234. The van der Waals surface area contributed by atoms with Crippen molar-refractivity contribution in [2.75, 3.05) is 0 Å². The minimum absolute atomic E-state index is 0.0704. The Labute approximate surface area is 110 Å². The van der Waals surface area contributed by atoms with E-state index < -0.39 is 17.7 Å². The van der Waals surface area contributed by atoms with E-state index in [4.69, 9.17) is 23.2 Å². The van der Waals surface area contributed by atoms with Crippen LogP contribution in [0.1, 0.15) is 20.7 Å². The van der Waals surface area contributed by atoms with E-state index in [1.54, 1.807) is 0 Å². The summed E-state index contributed by atoms with van der Waals surface area (Å²) >= 11 is 11.7. The SMILES string of the molecule is O=C1NC(=O)c2c1c(O)nc1cc(Cl)c(Cl)cc21. The van der Waals surface area contributed by atoms with Crippen LogP contribution in [0.5, 0.6) is 5.88 Å². The van der Waals surface area contributed by atoms with Gasteiger partial charge in [-0.1, -0.05) is 23.2 Å². The van der Waals surface area contributed by atoms with Gasteiger partial charge in [-0.25, -0.2) is 4.98 Å². The fourth-order valence-electron chi connectivity index (χ4n) is 1.92. The highest BCUT2D eigenvalue weighted by atomic mass is 35.5. The maximum Gasteiger partial charge on any atom is 0.264 e. The Hall–Kier alpha value is -1.85. The van der Waals surface area contributed by atoms with E-state index in [1.165, 1.54) is 12.1 Å². The molecular weight excluding hydrogens is 279 g/mol. The van der Waals surface area contributed by atoms with E-state index in [2.05, 4.69) is 10.3 Å². The number of hydrogen-bond donors (Lipinski definition) is 2. The summed E-state index contributed by atoms with van der Waals surface area (Å²) in [6.45, 7) is 0. The topological polar surface area (TPSA) is 79.3 Å². The summed E-state index contributed by atoms with van der Waals surface area (Å²) in [6.07, 6.45) is 0. The first kappa shape index (κ1) is 11.3. The number of rotatable bonds is 0. The summed E-state index contributed by atoms with van der Waals surface area (Å²) in [7, 11) is 0. The molecule has 5 nitrogen and oxygen atoms in total. The molecule has 0 fully saturated rings. The molecule has 3 rings (SSSR count). The van der Waals surface area contributed by atoms with Crippen LogP contribution in [0, 0.1) is 0 Å². The third kappa shape index (κ3) is 1.38. The second-order valence-electron chi connectivity index (χ2n) is 3.75. The molecule has 18 heavy (non-hydrogen) atoms. The largest absolute Gasteiger partial charge is 0.493 e. The van der Waals surface area contributed by atoms with Crippen LogP contribution in [0.3, 0.4) is 0 Å². The van der Waals surface area contributed by atoms with E-state index in [1.807, 2.05) is 0 Å². The van der Waals surface area contributed by atoms with Crippen molar-refractivity contribution < 1.29 is 14.7 Å². The third-order valence-electron chi connectivity index (χ3n) is 2.69. The van der Waals surface area contributed by atoms with Crippen LogP contribution in [-0.4, -0.2) is 21.9 Å². The molecule has 1 aliphatic rings. The van der Waals surface area contributed by atoms with Crippen molar-refractivity contribution in [2.45, 2.75) is 0 Å². The van der Waals surface area contributed by atoms with Crippen molar-refractivity contribution in [1.82, 2.24) is 10.3 Å². The highest BCUT2D eigenvalue weighted by Gasteiger charge is 2.33. The highest BCUT2D eigenvalue weighted by molar-refractivity contribution is 6.43. The quantitative estimate of drug-likeness (QED) is 0.726. The number of imide groups is 1. The van der Waals surface area contributed by atoms with Gasteiger partial charge in [0, 0.05) is 5.39 Å². The highest BCUT2D eigenvalue weighted by Crippen LogP contribution is 2.34. The first-order chi connectivity index (χ1) is 8.49. The van der Waals surface area contributed by atoms with Gasteiger partial charge in [0.1, 0.15) is 5.56 Å². The van der Waals surface area contributed by atoms with Crippen molar-refractivity contribution in [3.63, 3.8) is 0 Å². The number of aromatic nitrogens is 1. The number of halogens is 2. The molecule has 0 saturated carbocycles. The normalized spacial score (nSPS) is 13.9. The molecular formula is C11H4Cl2N2O3. The van der Waals surface area contributed by atoms with Gasteiger partial charge >= 0.3 is 0 Å². The standard InChI is InChI=1S/C11H4Cl2N2O3/c12-4-1-3-6(2-5(4)13)14-10(17)8-7(3)9(16)15-11(8)18/h1-2H,(H,14,17)(H,15,16,18). The fraction of sp³-hybridized carbons (Fsp3) is 0. The van der Waals surface area contributed by atoms with Crippen LogP contribution in [0.15, 0.2) is 12.1 Å². The monoisotopic (exact) mass is 282 g/mol. The number of fused-ring (bicyclic) bond motifs is 3. The summed E-state index contributed by atoms with van der Waals surface area (Å²) in [5, 5.41) is 12.6. The zero-order valence-corrected chi connectivity index (χ0v) is 10.1. The minimum Gasteiger partial charge on any atom is -0.493 e. The predicted octanol–water partition coefficient (Wildman–Crippen LogP) is 2.13. The van der Waals surface area contributed by atoms with Gasteiger partial charge in [0.15, 0.2) is 0 Å². The first-order valence-corrected chi connectivity index (χ1v) is 5.62.